The van der Waals surface area contributed by atoms with Crippen LogP contribution in [0.1, 0.15) is 37.8 Å². The zero-order chi connectivity index (χ0) is 13.0. The van der Waals surface area contributed by atoms with Crippen LogP contribution in [0.15, 0.2) is 18.2 Å². The molecule has 1 aromatic carbocycles. The zero-order valence-electron chi connectivity index (χ0n) is 11.2. The second kappa shape index (κ2) is 5.71. The summed E-state index contributed by atoms with van der Waals surface area (Å²) in [4.78, 5) is 11.4. The molecule has 0 saturated heterocycles. The van der Waals surface area contributed by atoms with Gasteiger partial charge < -0.3 is 10.1 Å². The number of aryl methyl sites for hydroxylation is 1. The maximum absolute atomic E-state index is 11.4. The van der Waals surface area contributed by atoms with E-state index in [9.17, 15) is 4.79 Å². The van der Waals surface area contributed by atoms with Crippen molar-refractivity contribution in [1.82, 2.24) is 5.32 Å². The van der Waals surface area contributed by atoms with E-state index in [1.54, 1.807) is 14.0 Å². The Morgan fingerprint density at radius 3 is 2.47 bits per heavy atom. The lowest BCUT2D eigenvalue weighted by atomic mass is 10.0. The molecule has 94 valence electrons. The van der Waals surface area contributed by atoms with Crippen molar-refractivity contribution in [2.24, 2.45) is 0 Å². The first kappa shape index (κ1) is 13.6. The highest BCUT2D eigenvalue weighted by atomic mass is 16.5. The van der Waals surface area contributed by atoms with Gasteiger partial charge >= 0.3 is 0 Å². The highest BCUT2D eigenvalue weighted by Gasteiger charge is 2.16. The maximum atomic E-state index is 11.4. The van der Waals surface area contributed by atoms with Crippen molar-refractivity contribution < 1.29 is 9.53 Å². The number of amides is 1. The Morgan fingerprint density at radius 2 is 1.94 bits per heavy atom. The van der Waals surface area contributed by atoms with Crippen molar-refractivity contribution >= 4 is 5.91 Å². The SMILES string of the molecule is CNC(=O)C(C)Oc1cc(C)ccc1C(C)C. The number of carbonyl (C=O) groups is 1. The van der Waals surface area contributed by atoms with Crippen LogP contribution in [0.3, 0.4) is 0 Å². The summed E-state index contributed by atoms with van der Waals surface area (Å²) in [6.45, 7) is 8.00. The van der Waals surface area contributed by atoms with Crippen LogP contribution >= 0.6 is 0 Å². The van der Waals surface area contributed by atoms with Crippen molar-refractivity contribution in [3.63, 3.8) is 0 Å². The highest BCUT2D eigenvalue weighted by Crippen LogP contribution is 2.28. The Morgan fingerprint density at radius 1 is 1.29 bits per heavy atom. The molecule has 0 heterocycles. The molecular formula is C14H21NO2. The average Bonchev–Trinajstić information content (AvgIpc) is 2.27. The fourth-order valence-corrected chi connectivity index (χ4v) is 1.67. The number of rotatable bonds is 4. The van der Waals surface area contributed by atoms with Crippen LogP contribution < -0.4 is 10.1 Å². The summed E-state index contributed by atoms with van der Waals surface area (Å²) < 4.78 is 5.73. The third-order valence-corrected chi connectivity index (χ3v) is 2.71. The van der Waals surface area contributed by atoms with E-state index in [-0.39, 0.29) is 5.91 Å². The normalized spacial score (nSPS) is 12.4. The molecule has 0 aliphatic carbocycles. The lowest BCUT2D eigenvalue weighted by Crippen LogP contribution is -2.34. The van der Waals surface area contributed by atoms with Gasteiger partial charge in [0.2, 0.25) is 0 Å². The summed E-state index contributed by atoms with van der Waals surface area (Å²) in [6.07, 6.45) is -0.473. The largest absolute Gasteiger partial charge is 0.481 e. The van der Waals surface area contributed by atoms with E-state index in [2.05, 4.69) is 31.3 Å². The molecule has 0 aliphatic heterocycles. The van der Waals surface area contributed by atoms with Crippen LogP contribution in [0.5, 0.6) is 5.75 Å². The average molecular weight is 235 g/mol. The minimum atomic E-state index is -0.473. The molecule has 1 amide bonds. The number of benzene rings is 1. The summed E-state index contributed by atoms with van der Waals surface area (Å²) in [5, 5.41) is 2.58. The standard InChI is InChI=1S/C14H21NO2/c1-9(2)12-7-6-10(3)8-13(12)17-11(4)14(16)15-5/h6-9,11H,1-5H3,(H,15,16). The van der Waals surface area contributed by atoms with Gasteiger partial charge in [0.15, 0.2) is 6.10 Å². The second-order valence-electron chi connectivity index (χ2n) is 4.57. The third kappa shape index (κ3) is 3.48. The first-order valence-corrected chi connectivity index (χ1v) is 5.94. The van der Waals surface area contributed by atoms with Gasteiger partial charge in [0, 0.05) is 7.05 Å². The van der Waals surface area contributed by atoms with Crippen molar-refractivity contribution in [3.05, 3.63) is 29.3 Å². The molecule has 0 aliphatic rings. The Kier molecular flexibility index (Phi) is 4.55. The predicted molar refractivity (Wildman–Crippen MR) is 69.4 cm³/mol. The molecule has 1 atom stereocenters. The monoisotopic (exact) mass is 235 g/mol. The number of ether oxygens (including phenoxy) is 1. The van der Waals surface area contributed by atoms with Crippen molar-refractivity contribution in [2.75, 3.05) is 7.05 Å². The van der Waals surface area contributed by atoms with Gasteiger partial charge in [-0.3, -0.25) is 4.79 Å². The van der Waals surface area contributed by atoms with Gasteiger partial charge in [-0.2, -0.15) is 0 Å². The zero-order valence-corrected chi connectivity index (χ0v) is 11.2. The molecule has 0 spiro atoms. The molecule has 1 rings (SSSR count). The number of nitrogens with one attached hydrogen (secondary N) is 1. The molecule has 1 aromatic rings. The molecular weight excluding hydrogens is 214 g/mol. The van der Waals surface area contributed by atoms with Crippen molar-refractivity contribution in [3.8, 4) is 5.75 Å². The Labute approximate surface area is 103 Å². The van der Waals surface area contributed by atoms with Crippen molar-refractivity contribution in [2.45, 2.75) is 39.7 Å². The van der Waals surface area contributed by atoms with E-state index >= 15 is 0 Å². The van der Waals surface area contributed by atoms with Gasteiger partial charge in [0.25, 0.3) is 5.91 Å². The van der Waals surface area contributed by atoms with E-state index in [4.69, 9.17) is 4.74 Å². The lowest BCUT2D eigenvalue weighted by molar-refractivity contribution is -0.126. The van der Waals surface area contributed by atoms with E-state index in [1.165, 1.54) is 0 Å². The Bertz CT molecular complexity index is 399. The Balaban J connectivity index is 2.96. The van der Waals surface area contributed by atoms with Crippen LogP contribution in [0.4, 0.5) is 0 Å². The second-order valence-corrected chi connectivity index (χ2v) is 4.57. The molecule has 3 heteroatoms. The van der Waals surface area contributed by atoms with Gasteiger partial charge in [-0.1, -0.05) is 26.0 Å². The first-order valence-electron chi connectivity index (χ1n) is 5.94. The smallest absolute Gasteiger partial charge is 0.260 e. The van der Waals surface area contributed by atoms with Crippen LogP contribution in [-0.2, 0) is 4.79 Å². The molecule has 0 fully saturated rings. The first-order chi connectivity index (χ1) is 7.95. The topological polar surface area (TPSA) is 38.3 Å². The molecule has 1 N–H and O–H groups in total. The third-order valence-electron chi connectivity index (χ3n) is 2.71. The maximum Gasteiger partial charge on any atom is 0.260 e. The minimum Gasteiger partial charge on any atom is -0.481 e. The van der Waals surface area contributed by atoms with E-state index in [0.717, 1.165) is 16.9 Å². The molecule has 3 nitrogen and oxygen atoms in total. The highest BCUT2D eigenvalue weighted by molar-refractivity contribution is 5.80. The quantitative estimate of drug-likeness (QED) is 0.871. The summed E-state index contributed by atoms with van der Waals surface area (Å²) in [5.74, 6) is 1.07. The summed E-state index contributed by atoms with van der Waals surface area (Å²) in [5.41, 5.74) is 2.26. The fraction of sp³-hybridized carbons (Fsp3) is 0.500. The van der Waals surface area contributed by atoms with Gasteiger partial charge in [0.05, 0.1) is 0 Å². The number of hydrogen-bond donors (Lipinski definition) is 1. The summed E-state index contributed by atoms with van der Waals surface area (Å²) in [6, 6.07) is 6.10. The van der Waals surface area contributed by atoms with Gasteiger partial charge in [-0.05, 0) is 37.0 Å². The van der Waals surface area contributed by atoms with Crippen molar-refractivity contribution in [1.29, 1.82) is 0 Å². The van der Waals surface area contributed by atoms with Crippen LogP contribution in [0.2, 0.25) is 0 Å². The minimum absolute atomic E-state index is 0.110. The number of carbonyl (C=O) groups excluding carboxylic acids is 1. The van der Waals surface area contributed by atoms with E-state index in [1.807, 2.05) is 13.0 Å². The van der Waals surface area contributed by atoms with Gasteiger partial charge in [-0.25, -0.2) is 0 Å². The predicted octanol–water partition coefficient (Wildman–Crippen LogP) is 2.63. The number of likely N-dealkylation sites (N-methyl/N-ethyl adjacent to an activating group) is 1. The fourth-order valence-electron chi connectivity index (χ4n) is 1.67. The number of hydrogen-bond acceptors (Lipinski definition) is 2. The van der Waals surface area contributed by atoms with Crippen LogP contribution in [0, 0.1) is 6.92 Å². The van der Waals surface area contributed by atoms with Crippen LogP contribution in [-0.4, -0.2) is 19.1 Å². The Hall–Kier alpha value is -1.51. The van der Waals surface area contributed by atoms with Gasteiger partial charge in [-0.15, -0.1) is 0 Å². The molecule has 17 heavy (non-hydrogen) atoms. The molecule has 0 saturated carbocycles. The van der Waals surface area contributed by atoms with E-state index in [0.29, 0.717) is 5.92 Å². The molecule has 0 bridgehead atoms. The van der Waals surface area contributed by atoms with E-state index < -0.39 is 6.10 Å². The summed E-state index contributed by atoms with van der Waals surface area (Å²) >= 11 is 0. The van der Waals surface area contributed by atoms with Crippen LogP contribution in [0.25, 0.3) is 0 Å². The summed E-state index contributed by atoms with van der Waals surface area (Å²) in [7, 11) is 1.61. The molecule has 1 unspecified atom stereocenters. The molecule has 0 radical (unpaired) electrons. The molecule has 0 aromatic heterocycles. The van der Waals surface area contributed by atoms with Gasteiger partial charge in [0.1, 0.15) is 5.75 Å². The lowest BCUT2D eigenvalue weighted by Gasteiger charge is -2.18.